The minimum absolute atomic E-state index is 0. The third-order valence-electron chi connectivity index (χ3n) is 7.03. The predicted octanol–water partition coefficient (Wildman–Crippen LogP) is 4.58. The number of hydrogen-bond acceptors (Lipinski definition) is 2. The van der Waals surface area contributed by atoms with E-state index in [0.717, 1.165) is 69.0 Å². The van der Waals surface area contributed by atoms with E-state index in [2.05, 4.69) is 23.2 Å². The smallest absolute Gasteiger partial charge is 0.193 e. The Hall–Kier alpha value is -0.890. The predicted molar refractivity (Wildman–Crippen MR) is 127 cm³/mol. The molecule has 2 atom stereocenters. The highest BCUT2D eigenvalue weighted by Gasteiger charge is 2.37. The highest BCUT2D eigenvalue weighted by atomic mass is 127. The Kier molecular flexibility index (Phi) is 8.19. The molecule has 0 spiro atoms. The molecule has 0 amide bonds. The van der Waals surface area contributed by atoms with Crippen molar-refractivity contribution in [1.82, 2.24) is 10.2 Å². The van der Waals surface area contributed by atoms with E-state index in [1.807, 2.05) is 6.07 Å². The molecule has 3 fully saturated rings. The maximum Gasteiger partial charge on any atom is 0.193 e. The van der Waals surface area contributed by atoms with Crippen molar-refractivity contribution in [3.05, 3.63) is 35.6 Å². The van der Waals surface area contributed by atoms with Gasteiger partial charge in [0.05, 0.1) is 6.54 Å². The van der Waals surface area contributed by atoms with Crippen LogP contribution < -0.4 is 5.32 Å². The lowest BCUT2D eigenvalue weighted by Crippen LogP contribution is -2.43. The molecule has 0 aromatic heterocycles. The Bertz CT molecular complexity index is 678. The summed E-state index contributed by atoms with van der Waals surface area (Å²) in [6, 6.07) is 7.09. The van der Waals surface area contributed by atoms with Crippen LogP contribution in [0.3, 0.4) is 0 Å². The number of benzene rings is 1. The van der Waals surface area contributed by atoms with Gasteiger partial charge in [-0.3, -0.25) is 4.99 Å². The fourth-order valence-corrected chi connectivity index (χ4v) is 5.35. The summed E-state index contributed by atoms with van der Waals surface area (Å²) in [4.78, 5) is 7.58. The molecule has 162 valence electrons. The molecule has 1 aliphatic carbocycles. The molecule has 29 heavy (non-hydrogen) atoms. The lowest BCUT2D eigenvalue weighted by molar-refractivity contribution is 0.0529. The standard InChI is InChI=1S/C23H34FN3O.HI/c1-2-25-22(27-15-18-6-3-4-7-19(18)16-27)26-17-23(10-12-28-13-11-23)20-8-5-9-21(24)14-20;/h5,8-9,14,18-19H,2-4,6-7,10-13,15-17H2,1H3,(H,25,26);1H. The quantitative estimate of drug-likeness (QED) is 0.363. The van der Waals surface area contributed by atoms with Gasteiger partial charge in [-0.15, -0.1) is 24.0 Å². The maximum atomic E-state index is 13.9. The summed E-state index contributed by atoms with van der Waals surface area (Å²) in [5, 5.41) is 3.52. The number of rotatable bonds is 4. The highest BCUT2D eigenvalue weighted by molar-refractivity contribution is 14.0. The molecule has 1 N–H and O–H groups in total. The third kappa shape index (κ3) is 5.24. The molecule has 1 aromatic rings. The zero-order chi connectivity index (χ0) is 19.4. The van der Waals surface area contributed by atoms with Crippen molar-refractivity contribution in [1.29, 1.82) is 0 Å². The Morgan fingerprint density at radius 3 is 2.52 bits per heavy atom. The fourth-order valence-electron chi connectivity index (χ4n) is 5.35. The minimum Gasteiger partial charge on any atom is -0.381 e. The Balaban J connectivity index is 0.00000240. The second kappa shape index (κ2) is 10.4. The van der Waals surface area contributed by atoms with Crippen LogP contribution in [0.1, 0.15) is 51.0 Å². The highest BCUT2D eigenvalue weighted by Crippen LogP contribution is 2.37. The maximum absolute atomic E-state index is 13.9. The van der Waals surface area contributed by atoms with Crippen molar-refractivity contribution in [2.75, 3.05) is 39.4 Å². The van der Waals surface area contributed by atoms with Crippen LogP contribution in [-0.4, -0.2) is 50.3 Å². The summed E-state index contributed by atoms with van der Waals surface area (Å²) in [5.41, 5.74) is 0.929. The van der Waals surface area contributed by atoms with Crippen LogP contribution in [0.25, 0.3) is 0 Å². The number of hydrogen-bond donors (Lipinski definition) is 1. The molecule has 1 saturated carbocycles. The Morgan fingerprint density at radius 2 is 1.90 bits per heavy atom. The molecule has 6 heteroatoms. The van der Waals surface area contributed by atoms with Crippen LogP contribution >= 0.6 is 24.0 Å². The molecule has 4 nitrogen and oxygen atoms in total. The van der Waals surface area contributed by atoms with Gasteiger partial charge in [0.1, 0.15) is 5.82 Å². The van der Waals surface area contributed by atoms with Crippen LogP contribution in [0.4, 0.5) is 4.39 Å². The zero-order valence-electron chi connectivity index (χ0n) is 17.5. The number of halogens is 2. The van der Waals surface area contributed by atoms with Crippen molar-refractivity contribution in [3.8, 4) is 0 Å². The molecule has 0 bridgehead atoms. The SMILES string of the molecule is CCNC(=NCC1(c2cccc(F)c2)CCOCC1)N1CC2CCCCC2C1.I. The van der Waals surface area contributed by atoms with E-state index in [1.54, 1.807) is 6.07 Å². The first-order valence-corrected chi connectivity index (χ1v) is 11.1. The van der Waals surface area contributed by atoms with E-state index < -0.39 is 0 Å². The van der Waals surface area contributed by atoms with E-state index in [-0.39, 0.29) is 35.2 Å². The molecule has 2 unspecified atom stereocenters. The summed E-state index contributed by atoms with van der Waals surface area (Å²) < 4.78 is 19.6. The number of fused-ring (bicyclic) bond motifs is 1. The van der Waals surface area contributed by atoms with Gasteiger partial charge >= 0.3 is 0 Å². The first-order chi connectivity index (χ1) is 13.7. The second-order valence-electron chi connectivity index (χ2n) is 8.78. The Morgan fingerprint density at radius 1 is 1.21 bits per heavy atom. The molecule has 3 aliphatic rings. The average molecular weight is 515 g/mol. The van der Waals surface area contributed by atoms with E-state index >= 15 is 0 Å². The van der Waals surface area contributed by atoms with E-state index in [0.29, 0.717) is 6.54 Å². The summed E-state index contributed by atoms with van der Waals surface area (Å²) in [6.07, 6.45) is 7.28. The molecule has 2 heterocycles. The van der Waals surface area contributed by atoms with Crippen LogP contribution in [0.5, 0.6) is 0 Å². The number of nitrogens with zero attached hydrogens (tertiary/aromatic N) is 2. The largest absolute Gasteiger partial charge is 0.381 e. The van der Waals surface area contributed by atoms with Gasteiger partial charge in [-0.05, 0) is 62.1 Å². The first-order valence-electron chi connectivity index (χ1n) is 11.1. The summed E-state index contributed by atoms with van der Waals surface area (Å²) in [7, 11) is 0. The lowest BCUT2D eigenvalue weighted by Gasteiger charge is -2.37. The minimum atomic E-state index is -0.164. The molecule has 0 radical (unpaired) electrons. The van der Waals surface area contributed by atoms with E-state index in [1.165, 1.54) is 31.7 Å². The molecular weight excluding hydrogens is 480 g/mol. The molecule has 4 rings (SSSR count). The van der Waals surface area contributed by atoms with Gasteiger partial charge in [0.15, 0.2) is 5.96 Å². The van der Waals surface area contributed by atoms with Gasteiger partial charge in [-0.25, -0.2) is 4.39 Å². The van der Waals surface area contributed by atoms with Gasteiger partial charge in [0.25, 0.3) is 0 Å². The van der Waals surface area contributed by atoms with Gasteiger partial charge in [0, 0.05) is 38.3 Å². The van der Waals surface area contributed by atoms with Crippen LogP contribution in [0.2, 0.25) is 0 Å². The van der Waals surface area contributed by atoms with Crippen LogP contribution in [0.15, 0.2) is 29.3 Å². The molecule has 2 saturated heterocycles. The van der Waals surface area contributed by atoms with Gasteiger partial charge in [-0.1, -0.05) is 25.0 Å². The molecule has 1 aromatic carbocycles. The third-order valence-corrected chi connectivity index (χ3v) is 7.03. The van der Waals surface area contributed by atoms with Crippen molar-refractivity contribution >= 4 is 29.9 Å². The summed E-state index contributed by atoms with van der Waals surface area (Å²) in [5.74, 6) is 2.54. The van der Waals surface area contributed by atoms with Crippen LogP contribution in [-0.2, 0) is 10.2 Å². The van der Waals surface area contributed by atoms with Crippen molar-refractivity contribution in [3.63, 3.8) is 0 Å². The van der Waals surface area contributed by atoms with Gasteiger partial charge in [0.2, 0.25) is 0 Å². The average Bonchev–Trinajstić information content (AvgIpc) is 3.16. The molecular formula is C23H35FIN3O. The van der Waals surface area contributed by atoms with Crippen molar-refractivity contribution < 1.29 is 9.13 Å². The lowest BCUT2D eigenvalue weighted by atomic mass is 9.74. The van der Waals surface area contributed by atoms with E-state index in [4.69, 9.17) is 9.73 Å². The number of guanidine groups is 1. The van der Waals surface area contributed by atoms with E-state index in [9.17, 15) is 4.39 Å². The zero-order valence-corrected chi connectivity index (χ0v) is 19.9. The van der Waals surface area contributed by atoms with Gasteiger partial charge in [-0.2, -0.15) is 0 Å². The van der Waals surface area contributed by atoms with Gasteiger partial charge < -0.3 is 15.0 Å². The van der Waals surface area contributed by atoms with Crippen molar-refractivity contribution in [2.45, 2.75) is 50.9 Å². The number of likely N-dealkylation sites (tertiary alicyclic amines) is 1. The summed E-state index contributed by atoms with van der Waals surface area (Å²) in [6.45, 7) is 7.40. The Labute approximate surface area is 191 Å². The van der Waals surface area contributed by atoms with Crippen molar-refractivity contribution in [2.24, 2.45) is 16.8 Å². The normalized spacial score (nSPS) is 26.6. The molecule has 2 aliphatic heterocycles. The number of nitrogens with one attached hydrogen (secondary N) is 1. The number of ether oxygens (including phenoxy) is 1. The topological polar surface area (TPSA) is 36.9 Å². The second-order valence-corrected chi connectivity index (χ2v) is 8.78. The monoisotopic (exact) mass is 515 g/mol. The fraction of sp³-hybridized carbons (Fsp3) is 0.696. The van der Waals surface area contributed by atoms with Crippen LogP contribution in [0, 0.1) is 17.7 Å². The summed E-state index contributed by atoms with van der Waals surface area (Å²) >= 11 is 0. The first kappa shape index (κ1) is 22.8. The number of aliphatic imine (C=N–C) groups is 1.